The lowest BCUT2D eigenvalue weighted by Crippen LogP contribution is -2.33. The number of hydrogen-bond donors (Lipinski definition) is 1. The molecule has 3 aromatic carbocycles. The van der Waals surface area contributed by atoms with Crippen LogP contribution in [-0.4, -0.2) is 43.2 Å². The minimum atomic E-state index is -0.914. The summed E-state index contributed by atoms with van der Waals surface area (Å²) in [4.78, 5) is 13.5. The van der Waals surface area contributed by atoms with E-state index in [2.05, 4.69) is 83.1 Å². The van der Waals surface area contributed by atoms with E-state index in [1.807, 2.05) is 12.1 Å². The van der Waals surface area contributed by atoms with Gasteiger partial charge in [0.1, 0.15) is 5.75 Å². The molecule has 36 heavy (non-hydrogen) atoms. The van der Waals surface area contributed by atoms with Gasteiger partial charge in [-0.05, 0) is 96.3 Å². The average Bonchev–Trinajstić information content (AvgIpc) is 2.84. The van der Waals surface area contributed by atoms with Crippen molar-refractivity contribution in [3.05, 3.63) is 77.4 Å². The lowest BCUT2D eigenvalue weighted by Gasteiger charge is -2.42. The van der Waals surface area contributed by atoms with Gasteiger partial charge < -0.3 is 14.7 Å². The molecule has 0 unspecified atom stereocenters. The van der Waals surface area contributed by atoms with Gasteiger partial charge in [0.2, 0.25) is 0 Å². The lowest BCUT2D eigenvalue weighted by atomic mass is 9.63. The molecule has 0 fully saturated rings. The fourth-order valence-corrected chi connectivity index (χ4v) is 5.19. The summed E-state index contributed by atoms with van der Waals surface area (Å²) in [6.07, 6.45) is 3.31. The maximum Gasteiger partial charge on any atom is 0.335 e. The van der Waals surface area contributed by atoms with Crippen LogP contribution in [0.1, 0.15) is 68.4 Å². The summed E-state index contributed by atoms with van der Waals surface area (Å²) < 4.78 is 6.32. The van der Waals surface area contributed by atoms with Crippen molar-refractivity contribution in [2.24, 2.45) is 0 Å². The van der Waals surface area contributed by atoms with Crippen LogP contribution >= 0.6 is 0 Å². The molecule has 3 aromatic rings. The zero-order valence-corrected chi connectivity index (χ0v) is 22.5. The van der Waals surface area contributed by atoms with Gasteiger partial charge in [0.15, 0.2) is 0 Å². The summed E-state index contributed by atoms with van der Waals surface area (Å²) in [5, 5.41) is 9.27. The van der Waals surface area contributed by atoms with Gasteiger partial charge in [-0.3, -0.25) is 0 Å². The van der Waals surface area contributed by atoms with Crippen LogP contribution in [0.5, 0.6) is 5.75 Å². The van der Waals surface area contributed by atoms with Gasteiger partial charge in [-0.1, -0.05) is 64.1 Å². The van der Waals surface area contributed by atoms with Crippen LogP contribution in [0.15, 0.2) is 60.7 Å². The molecule has 1 aliphatic carbocycles. The second kappa shape index (κ2) is 10.1. The normalized spacial score (nSPS) is 16.0. The summed E-state index contributed by atoms with van der Waals surface area (Å²) in [6.45, 7) is 11.0. The van der Waals surface area contributed by atoms with Crippen molar-refractivity contribution < 1.29 is 14.6 Å². The van der Waals surface area contributed by atoms with Crippen molar-refractivity contribution in [1.29, 1.82) is 0 Å². The van der Waals surface area contributed by atoms with E-state index in [1.54, 1.807) is 12.1 Å². The first-order valence-electron chi connectivity index (χ1n) is 12.9. The van der Waals surface area contributed by atoms with Crippen LogP contribution in [0.25, 0.3) is 22.3 Å². The number of rotatable bonds is 8. The number of carbonyl (C=O) groups is 1. The second-order valence-electron chi connectivity index (χ2n) is 11.6. The maximum atomic E-state index is 11.3. The highest BCUT2D eigenvalue weighted by molar-refractivity contribution is 5.88. The van der Waals surface area contributed by atoms with Gasteiger partial charge in [-0.2, -0.15) is 0 Å². The second-order valence-corrected chi connectivity index (χ2v) is 11.6. The lowest BCUT2D eigenvalue weighted by molar-refractivity contribution is 0.0697. The predicted octanol–water partition coefficient (Wildman–Crippen LogP) is 7.40. The molecule has 0 aromatic heterocycles. The summed E-state index contributed by atoms with van der Waals surface area (Å²) in [6, 6.07) is 20.3. The molecule has 4 rings (SSSR count). The molecule has 0 aliphatic heterocycles. The fourth-order valence-electron chi connectivity index (χ4n) is 5.19. The van der Waals surface area contributed by atoms with Crippen LogP contribution in [0.3, 0.4) is 0 Å². The van der Waals surface area contributed by atoms with Crippen LogP contribution in [-0.2, 0) is 10.8 Å². The summed E-state index contributed by atoms with van der Waals surface area (Å²) in [7, 11) is 4.15. The van der Waals surface area contributed by atoms with Crippen molar-refractivity contribution in [1.82, 2.24) is 4.90 Å². The fraction of sp³-hybridized carbons (Fsp3) is 0.406. The molecule has 0 amide bonds. The van der Waals surface area contributed by atoms with Crippen LogP contribution in [0.2, 0.25) is 0 Å². The Labute approximate surface area is 215 Å². The highest BCUT2D eigenvalue weighted by Crippen LogP contribution is 2.47. The van der Waals surface area contributed by atoms with E-state index in [0.29, 0.717) is 12.2 Å². The summed E-state index contributed by atoms with van der Waals surface area (Å²) in [5.41, 5.74) is 7.70. The van der Waals surface area contributed by atoms with E-state index in [1.165, 1.54) is 24.0 Å². The van der Waals surface area contributed by atoms with Gasteiger partial charge in [-0.15, -0.1) is 0 Å². The zero-order valence-electron chi connectivity index (χ0n) is 22.5. The molecule has 0 bridgehead atoms. The Morgan fingerprint density at radius 3 is 2.08 bits per heavy atom. The van der Waals surface area contributed by atoms with E-state index in [9.17, 15) is 9.90 Å². The van der Waals surface area contributed by atoms with Gasteiger partial charge in [-0.25, -0.2) is 4.79 Å². The molecule has 1 N–H and O–H groups in total. The smallest absolute Gasteiger partial charge is 0.335 e. The molecule has 0 heterocycles. The molecule has 1 aliphatic rings. The summed E-state index contributed by atoms with van der Waals surface area (Å²) >= 11 is 0. The molecule has 0 spiro atoms. The first kappa shape index (κ1) is 26.0. The van der Waals surface area contributed by atoms with Crippen molar-refractivity contribution in [2.45, 2.75) is 57.8 Å². The van der Waals surface area contributed by atoms with Crippen molar-refractivity contribution in [2.75, 3.05) is 27.2 Å². The third-order valence-electron chi connectivity index (χ3n) is 7.62. The monoisotopic (exact) mass is 485 g/mol. The Morgan fingerprint density at radius 1 is 0.833 bits per heavy atom. The Hall–Kier alpha value is -3.11. The minimum absolute atomic E-state index is 0.123. The first-order chi connectivity index (χ1) is 17.0. The molecule has 0 atom stereocenters. The number of carboxylic acid groups (broad SMARTS) is 1. The van der Waals surface area contributed by atoms with Gasteiger partial charge in [0, 0.05) is 12.1 Å². The molecular formula is C32H39NO3. The van der Waals surface area contributed by atoms with E-state index in [-0.39, 0.29) is 10.8 Å². The van der Waals surface area contributed by atoms with Crippen LogP contribution in [0, 0.1) is 0 Å². The standard InChI is InChI=1S/C32H39NO3/c1-31(2)16-17-32(3,4)28-21-25(12-14-27(28)31)26-20-24(22-8-10-23(11-9-22)30(34)35)13-15-29(26)36-19-7-18-33(5)6/h8-15,20-21H,7,16-19H2,1-6H3,(H,34,35). The van der Waals surface area contributed by atoms with Crippen molar-refractivity contribution in [3.63, 3.8) is 0 Å². The van der Waals surface area contributed by atoms with Crippen molar-refractivity contribution in [3.8, 4) is 28.0 Å². The average molecular weight is 486 g/mol. The van der Waals surface area contributed by atoms with E-state index in [4.69, 9.17) is 4.74 Å². The number of fused-ring (bicyclic) bond motifs is 1. The minimum Gasteiger partial charge on any atom is -0.493 e. The highest BCUT2D eigenvalue weighted by Gasteiger charge is 2.37. The van der Waals surface area contributed by atoms with Gasteiger partial charge in [0.25, 0.3) is 0 Å². The van der Waals surface area contributed by atoms with Gasteiger partial charge >= 0.3 is 5.97 Å². The first-order valence-corrected chi connectivity index (χ1v) is 12.9. The zero-order chi connectivity index (χ0) is 26.1. The number of hydrogen-bond acceptors (Lipinski definition) is 3. The molecule has 190 valence electrons. The molecule has 0 saturated heterocycles. The molecule has 0 radical (unpaired) electrons. The molecule has 4 nitrogen and oxygen atoms in total. The van der Waals surface area contributed by atoms with Crippen LogP contribution in [0.4, 0.5) is 0 Å². The third kappa shape index (κ3) is 5.49. The quantitative estimate of drug-likeness (QED) is 0.338. The largest absolute Gasteiger partial charge is 0.493 e. The van der Waals surface area contributed by atoms with E-state index >= 15 is 0 Å². The number of aromatic carboxylic acids is 1. The predicted molar refractivity (Wildman–Crippen MR) is 148 cm³/mol. The van der Waals surface area contributed by atoms with Crippen molar-refractivity contribution >= 4 is 5.97 Å². The molecule has 4 heteroatoms. The number of ether oxygens (including phenoxy) is 1. The van der Waals surface area contributed by atoms with Gasteiger partial charge in [0.05, 0.1) is 12.2 Å². The number of nitrogens with zero attached hydrogens (tertiary/aromatic N) is 1. The maximum absolute atomic E-state index is 11.3. The van der Waals surface area contributed by atoms with E-state index < -0.39 is 5.97 Å². The molecular weight excluding hydrogens is 446 g/mol. The Morgan fingerprint density at radius 2 is 1.44 bits per heavy atom. The Bertz CT molecular complexity index is 1240. The molecule has 0 saturated carbocycles. The topological polar surface area (TPSA) is 49.8 Å². The van der Waals surface area contributed by atoms with Crippen LogP contribution < -0.4 is 4.74 Å². The third-order valence-corrected chi connectivity index (χ3v) is 7.62. The Balaban J connectivity index is 1.77. The number of carboxylic acids is 1. The SMILES string of the molecule is CN(C)CCCOc1ccc(-c2ccc(C(=O)O)cc2)cc1-c1ccc2c(c1)C(C)(C)CCC2(C)C. The number of benzene rings is 3. The highest BCUT2D eigenvalue weighted by atomic mass is 16.5. The Kier molecular flexibility index (Phi) is 7.28. The summed E-state index contributed by atoms with van der Waals surface area (Å²) in [5.74, 6) is -0.0317. The van der Waals surface area contributed by atoms with E-state index in [0.717, 1.165) is 41.0 Å².